The largest absolute Gasteiger partial charge is 0.396 e. The minimum Gasteiger partial charge on any atom is -0.396 e. The van der Waals surface area contributed by atoms with Gasteiger partial charge in [-0.3, -0.25) is 0 Å². The van der Waals surface area contributed by atoms with Crippen LogP contribution < -0.4 is 0 Å². The molecule has 1 saturated heterocycles. The van der Waals surface area contributed by atoms with Gasteiger partial charge in [0, 0.05) is 13.2 Å². The summed E-state index contributed by atoms with van der Waals surface area (Å²) in [5, 5.41) is 8.67. The molecule has 2 heteroatoms. The lowest BCUT2D eigenvalue weighted by atomic mass is 9.88. The molecule has 0 bridgehead atoms. The van der Waals surface area contributed by atoms with Gasteiger partial charge in [0.2, 0.25) is 0 Å². The SMILES string of the molecule is CC1CCN(CCCCCO)CC1C. The fourth-order valence-electron chi connectivity index (χ4n) is 2.18. The highest BCUT2D eigenvalue weighted by molar-refractivity contribution is 4.74. The maximum absolute atomic E-state index is 8.67. The molecule has 2 unspecified atom stereocenters. The van der Waals surface area contributed by atoms with Crippen molar-refractivity contribution in [2.45, 2.75) is 39.5 Å². The molecule has 0 saturated carbocycles. The molecule has 0 amide bonds. The van der Waals surface area contributed by atoms with Crippen molar-refractivity contribution in [3.63, 3.8) is 0 Å². The Morgan fingerprint density at radius 2 is 1.93 bits per heavy atom. The third kappa shape index (κ3) is 3.97. The molecule has 2 atom stereocenters. The highest BCUT2D eigenvalue weighted by Crippen LogP contribution is 2.22. The van der Waals surface area contributed by atoms with Crippen LogP contribution in [0, 0.1) is 11.8 Å². The van der Waals surface area contributed by atoms with Crippen molar-refractivity contribution < 1.29 is 5.11 Å². The van der Waals surface area contributed by atoms with Gasteiger partial charge in [0.15, 0.2) is 0 Å². The monoisotopic (exact) mass is 199 g/mol. The lowest BCUT2D eigenvalue weighted by molar-refractivity contribution is 0.135. The zero-order chi connectivity index (χ0) is 10.4. The number of aliphatic hydroxyl groups excluding tert-OH is 1. The van der Waals surface area contributed by atoms with Crippen molar-refractivity contribution >= 4 is 0 Å². The quantitative estimate of drug-likeness (QED) is 0.686. The maximum Gasteiger partial charge on any atom is 0.0431 e. The van der Waals surface area contributed by atoms with Gasteiger partial charge >= 0.3 is 0 Å². The van der Waals surface area contributed by atoms with E-state index in [1.807, 2.05) is 0 Å². The maximum atomic E-state index is 8.67. The van der Waals surface area contributed by atoms with Gasteiger partial charge in [0.1, 0.15) is 0 Å². The number of rotatable bonds is 5. The van der Waals surface area contributed by atoms with E-state index in [2.05, 4.69) is 18.7 Å². The molecular formula is C12H25NO. The highest BCUT2D eigenvalue weighted by atomic mass is 16.2. The molecule has 1 fully saturated rings. The van der Waals surface area contributed by atoms with E-state index in [0.717, 1.165) is 18.3 Å². The Kier molecular flexibility index (Phi) is 5.49. The van der Waals surface area contributed by atoms with Crippen LogP contribution in [0.5, 0.6) is 0 Å². The second-order valence-electron chi connectivity index (χ2n) is 4.83. The molecule has 0 spiro atoms. The first-order chi connectivity index (χ1) is 6.74. The summed E-state index contributed by atoms with van der Waals surface area (Å²) in [6, 6.07) is 0. The van der Waals surface area contributed by atoms with E-state index in [0.29, 0.717) is 6.61 Å². The van der Waals surface area contributed by atoms with E-state index in [4.69, 9.17) is 5.11 Å². The van der Waals surface area contributed by atoms with E-state index >= 15 is 0 Å². The Hall–Kier alpha value is -0.0800. The Morgan fingerprint density at radius 3 is 2.57 bits per heavy atom. The van der Waals surface area contributed by atoms with Crippen LogP contribution in [0.4, 0.5) is 0 Å². The molecule has 1 heterocycles. The van der Waals surface area contributed by atoms with Gasteiger partial charge in [0.05, 0.1) is 0 Å². The van der Waals surface area contributed by atoms with Gasteiger partial charge in [-0.1, -0.05) is 13.8 Å². The molecular weight excluding hydrogens is 174 g/mol. The molecule has 0 aliphatic carbocycles. The summed E-state index contributed by atoms with van der Waals surface area (Å²) in [6.45, 7) is 8.88. The Labute approximate surface area is 88.3 Å². The number of aliphatic hydroxyl groups is 1. The average Bonchev–Trinajstić information content (AvgIpc) is 2.18. The number of unbranched alkanes of at least 4 members (excludes halogenated alkanes) is 2. The highest BCUT2D eigenvalue weighted by Gasteiger charge is 2.21. The molecule has 14 heavy (non-hydrogen) atoms. The molecule has 0 radical (unpaired) electrons. The van der Waals surface area contributed by atoms with Crippen LogP contribution in [-0.4, -0.2) is 36.2 Å². The topological polar surface area (TPSA) is 23.5 Å². The zero-order valence-electron chi connectivity index (χ0n) is 9.71. The Balaban J connectivity index is 2.07. The second-order valence-corrected chi connectivity index (χ2v) is 4.83. The summed E-state index contributed by atoms with van der Waals surface area (Å²) in [6.07, 6.45) is 4.76. The number of piperidine rings is 1. The van der Waals surface area contributed by atoms with E-state index < -0.39 is 0 Å². The summed E-state index contributed by atoms with van der Waals surface area (Å²) in [5.74, 6) is 1.77. The Bertz CT molecular complexity index is 149. The van der Waals surface area contributed by atoms with Crippen LogP contribution in [0.2, 0.25) is 0 Å². The van der Waals surface area contributed by atoms with E-state index in [-0.39, 0.29) is 0 Å². The smallest absolute Gasteiger partial charge is 0.0431 e. The van der Waals surface area contributed by atoms with E-state index in [1.165, 1.54) is 38.9 Å². The molecule has 1 rings (SSSR count). The molecule has 0 aromatic rings. The molecule has 2 nitrogen and oxygen atoms in total. The molecule has 1 aliphatic heterocycles. The second kappa shape index (κ2) is 6.41. The zero-order valence-corrected chi connectivity index (χ0v) is 9.71. The minimum absolute atomic E-state index is 0.355. The lowest BCUT2D eigenvalue weighted by Gasteiger charge is -2.35. The number of likely N-dealkylation sites (tertiary alicyclic amines) is 1. The third-order valence-electron chi connectivity index (χ3n) is 3.55. The fourth-order valence-corrected chi connectivity index (χ4v) is 2.18. The van der Waals surface area contributed by atoms with E-state index in [1.54, 1.807) is 0 Å². The van der Waals surface area contributed by atoms with Crippen molar-refractivity contribution in [1.82, 2.24) is 4.90 Å². The standard InChI is InChI=1S/C12H25NO/c1-11-6-8-13(10-12(11)2)7-4-3-5-9-14/h11-12,14H,3-10H2,1-2H3. The van der Waals surface area contributed by atoms with E-state index in [9.17, 15) is 0 Å². The van der Waals surface area contributed by atoms with Crippen LogP contribution in [0.25, 0.3) is 0 Å². The van der Waals surface area contributed by atoms with Gasteiger partial charge in [-0.2, -0.15) is 0 Å². The fraction of sp³-hybridized carbons (Fsp3) is 1.00. The molecule has 1 N–H and O–H groups in total. The van der Waals surface area contributed by atoms with Gasteiger partial charge in [-0.25, -0.2) is 0 Å². The van der Waals surface area contributed by atoms with Gasteiger partial charge in [0.25, 0.3) is 0 Å². The van der Waals surface area contributed by atoms with Crippen molar-refractivity contribution in [2.24, 2.45) is 11.8 Å². The van der Waals surface area contributed by atoms with Crippen LogP contribution in [0.15, 0.2) is 0 Å². The van der Waals surface area contributed by atoms with Crippen LogP contribution in [0.1, 0.15) is 39.5 Å². The average molecular weight is 199 g/mol. The van der Waals surface area contributed by atoms with Crippen molar-refractivity contribution in [3.8, 4) is 0 Å². The van der Waals surface area contributed by atoms with Crippen LogP contribution in [-0.2, 0) is 0 Å². The number of hydrogen-bond donors (Lipinski definition) is 1. The number of nitrogens with zero attached hydrogens (tertiary/aromatic N) is 1. The summed E-state index contributed by atoms with van der Waals surface area (Å²) >= 11 is 0. The molecule has 0 aromatic heterocycles. The van der Waals surface area contributed by atoms with Gasteiger partial charge in [-0.05, 0) is 50.6 Å². The van der Waals surface area contributed by atoms with Crippen molar-refractivity contribution in [1.29, 1.82) is 0 Å². The molecule has 84 valence electrons. The first-order valence-electron chi connectivity index (χ1n) is 6.07. The molecule has 0 aromatic carbocycles. The van der Waals surface area contributed by atoms with Crippen LogP contribution >= 0.6 is 0 Å². The van der Waals surface area contributed by atoms with Gasteiger partial charge in [-0.15, -0.1) is 0 Å². The summed E-state index contributed by atoms with van der Waals surface area (Å²) < 4.78 is 0. The first-order valence-corrected chi connectivity index (χ1v) is 6.07. The van der Waals surface area contributed by atoms with Crippen LogP contribution in [0.3, 0.4) is 0 Å². The number of hydrogen-bond acceptors (Lipinski definition) is 2. The normalized spacial score (nSPS) is 29.4. The predicted molar refractivity (Wildman–Crippen MR) is 60.3 cm³/mol. The minimum atomic E-state index is 0.355. The van der Waals surface area contributed by atoms with Crippen molar-refractivity contribution in [3.05, 3.63) is 0 Å². The third-order valence-corrected chi connectivity index (χ3v) is 3.55. The first kappa shape index (κ1) is 12.0. The summed E-state index contributed by atoms with van der Waals surface area (Å²) in [5.41, 5.74) is 0. The lowest BCUT2D eigenvalue weighted by Crippen LogP contribution is -2.38. The molecule has 1 aliphatic rings. The van der Waals surface area contributed by atoms with Crippen molar-refractivity contribution in [2.75, 3.05) is 26.2 Å². The van der Waals surface area contributed by atoms with Gasteiger partial charge < -0.3 is 10.0 Å². The summed E-state index contributed by atoms with van der Waals surface area (Å²) in [7, 11) is 0. The predicted octanol–water partition coefficient (Wildman–Crippen LogP) is 2.13. The Morgan fingerprint density at radius 1 is 1.14 bits per heavy atom. The summed E-state index contributed by atoms with van der Waals surface area (Å²) in [4.78, 5) is 2.59.